The molecule has 1 aromatic carbocycles. The third kappa shape index (κ3) is 7.85. The van der Waals surface area contributed by atoms with Crippen LogP contribution in [0.25, 0.3) is 0 Å². The van der Waals surface area contributed by atoms with E-state index in [0.717, 1.165) is 12.0 Å². The quantitative estimate of drug-likeness (QED) is 0.420. The van der Waals surface area contributed by atoms with Gasteiger partial charge in [-0.1, -0.05) is 30.3 Å². The third-order valence-electron chi connectivity index (χ3n) is 4.64. The maximum atomic E-state index is 12.5. The van der Waals surface area contributed by atoms with Crippen LogP contribution in [0.3, 0.4) is 0 Å². The van der Waals surface area contributed by atoms with E-state index in [1.807, 2.05) is 30.3 Å². The number of anilines is 1. The summed E-state index contributed by atoms with van der Waals surface area (Å²) >= 11 is 1.22. The lowest BCUT2D eigenvalue weighted by Crippen LogP contribution is -2.39. The zero-order chi connectivity index (χ0) is 23.5. The second-order valence-corrected chi connectivity index (χ2v) is 8.01. The predicted octanol–water partition coefficient (Wildman–Crippen LogP) is 2.36. The maximum Gasteiger partial charge on any atom is 0.290 e. The first-order valence-electron chi connectivity index (χ1n) is 10.4. The molecule has 0 aliphatic heterocycles. The lowest BCUT2D eigenvalue weighted by atomic mass is 10.1. The highest BCUT2D eigenvalue weighted by atomic mass is 32.1. The van der Waals surface area contributed by atoms with Crippen molar-refractivity contribution in [3.63, 3.8) is 0 Å². The molecule has 0 bridgehead atoms. The Morgan fingerprint density at radius 3 is 2.67 bits per heavy atom. The van der Waals surface area contributed by atoms with Crippen LogP contribution >= 0.6 is 11.3 Å². The van der Waals surface area contributed by atoms with E-state index in [1.165, 1.54) is 35.7 Å². The molecule has 0 saturated heterocycles. The van der Waals surface area contributed by atoms with Crippen LogP contribution in [0.1, 0.15) is 21.8 Å². The number of ether oxygens (including phenoxy) is 1. The summed E-state index contributed by atoms with van der Waals surface area (Å²) in [5.74, 6) is -0.795. The zero-order valence-corrected chi connectivity index (χ0v) is 19.1. The van der Waals surface area contributed by atoms with E-state index in [0.29, 0.717) is 17.4 Å². The number of nitrogens with one attached hydrogen (secondary N) is 2. The molecule has 0 atom stereocenters. The third-order valence-corrected chi connectivity index (χ3v) is 5.44. The van der Waals surface area contributed by atoms with Crippen molar-refractivity contribution in [1.29, 1.82) is 0 Å². The van der Waals surface area contributed by atoms with Crippen LogP contribution in [-0.2, 0) is 27.2 Å². The highest BCUT2D eigenvalue weighted by Crippen LogP contribution is 2.16. The predicted molar refractivity (Wildman–Crippen MR) is 124 cm³/mol. The Labute approximate surface area is 195 Å². The highest BCUT2D eigenvalue weighted by molar-refractivity contribution is 7.13. The minimum absolute atomic E-state index is 0.123. The number of hydrogen-bond acceptors (Lipinski definition) is 7. The molecule has 3 rings (SSSR count). The van der Waals surface area contributed by atoms with E-state index in [4.69, 9.17) is 9.15 Å². The van der Waals surface area contributed by atoms with E-state index in [2.05, 4.69) is 15.6 Å². The van der Waals surface area contributed by atoms with Crippen LogP contribution in [0.15, 0.2) is 58.5 Å². The van der Waals surface area contributed by atoms with Crippen molar-refractivity contribution in [3.05, 3.63) is 71.1 Å². The fraction of sp³-hybridized carbons (Fsp3) is 0.304. The molecule has 33 heavy (non-hydrogen) atoms. The van der Waals surface area contributed by atoms with Crippen molar-refractivity contribution < 1.29 is 23.5 Å². The summed E-state index contributed by atoms with van der Waals surface area (Å²) in [6.45, 7) is 0.867. The zero-order valence-electron chi connectivity index (χ0n) is 18.3. The van der Waals surface area contributed by atoms with Gasteiger partial charge in [-0.05, 0) is 24.1 Å². The number of thiazole rings is 1. The number of carbonyl (C=O) groups is 3. The summed E-state index contributed by atoms with van der Waals surface area (Å²) in [5.41, 5.74) is 1.72. The van der Waals surface area contributed by atoms with Gasteiger partial charge in [0.05, 0.1) is 25.0 Å². The molecule has 10 heteroatoms. The van der Waals surface area contributed by atoms with Gasteiger partial charge in [0, 0.05) is 25.6 Å². The first-order valence-corrected chi connectivity index (χ1v) is 11.3. The van der Waals surface area contributed by atoms with Gasteiger partial charge in [0.15, 0.2) is 10.9 Å². The summed E-state index contributed by atoms with van der Waals surface area (Å²) in [6, 6.07) is 13.1. The Kier molecular flexibility index (Phi) is 9.16. The summed E-state index contributed by atoms with van der Waals surface area (Å²) in [4.78, 5) is 42.8. The molecule has 0 fully saturated rings. The second kappa shape index (κ2) is 12.5. The van der Waals surface area contributed by atoms with Crippen LogP contribution in [-0.4, -0.2) is 61.0 Å². The molecule has 0 aliphatic rings. The van der Waals surface area contributed by atoms with Gasteiger partial charge >= 0.3 is 0 Å². The lowest BCUT2D eigenvalue weighted by Gasteiger charge is -2.20. The van der Waals surface area contributed by atoms with Crippen molar-refractivity contribution in [2.45, 2.75) is 12.8 Å². The van der Waals surface area contributed by atoms with Gasteiger partial charge in [-0.25, -0.2) is 4.98 Å². The van der Waals surface area contributed by atoms with Gasteiger partial charge in [-0.3, -0.25) is 14.4 Å². The molecule has 2 heterocycles. The summed E-state index contributed by atoms with van der Waals surface area (Å²) in [7, 11) is 1.52. The number of aromatic nitrogens is 1. The van der Waals surface area contributed by atoms with E-state index in [-0.39, 0.29) is 37.8 Å². The van der Waals surface area contributed by atoms with Crippen LogP contribution in [0, 0.1) is 0 Å². The Hall–Kier alpha value is -3.50. The van der Waals surface area contributed by atoms with Gasteiger partial charge in [-0.2, -0.15) is 0 Å². The molecule has 3 amide bonds. The Morgan fingerprint density at radius 1 is 1.12 bits per heavy atom. The Balaban J connectivity index is 1.46. The number of nitrogens with zero attached hydrogens (tertiary/aromatic N) is 2. The molecule has 0 spiro atoms. The molecule has 3 aromatic rings. The Bertz CT molecular complexity index is 1040. The molecule has 174 valence electrons. The number of rotatable bonds is 12. The van der Waals surface area contributed by atoms with Crippen LogP contribution in [0.4, 0.5) is 5.13 Å². The smallest absolute Gasteiger partial charge is 0.290 e. The van der Waals surface area contributed by atoms with E-state index >= 15 is 0 Å². The minimum Gasteiger partial charge on any atom is -0.459 e. The minimum atomic E-state index is -0.404. The van der Waals surface area contributed by atoms with Crippen LogP contribution in [0.5, 0.6) is 0 Å². The fourth-order valence-electron chi connectivity index (χ4n) is 3.01. The van der Waals surface area contributed by atoms with Gasteiger partial charge in [0.1, 0.15) is 6.54 Å². The van der Waals surface area contributed by atoms with E-state index < -0.39 is 11.8 Å². The first-order chi connectivity index (χ1) is 16.0. The SMILES string of the molecule is COCCN(CC(=O)Nc1nc(CC(=O)NCCc2ccccc2)cs1)C(=O)c1ccco1. The van der Waals surface area contributed by atoms with Crippen LogP contribution < -0.4 is 10.6 Å². The van der Waals surface area contributed by atoms with Crippen molar-refractivity contribution in [1.82, 2.24) is 15.2 Å². The molecule has 0 saturated carbocycles. The normalized spacial score (nSPS) is 10.6. The Morgan fingerprint density at radius 2 is 1.94 bits per heavy atom. The van der Waals surface area contributed by atoms with Crippen molar-refractivity contribution in [3.8, 4) is 0 Å². The van der Waals surface area contributed by atoms with Gasteiger partial charge in [0.25, 0.3) is 5.91 Å². The fourth-order valence-corrected chi connectivity index (χ4v) is 3.73. The maximum absolute atomic E-state index is 12.5. The average Bonchev–Trinajstić information content (AvgIpc) is 3.49. The molecule has 0 radical (unpaired) electrons. The van der Waals surface area contributed by atoms with Crippen LogP contribution in [0.2, 0.25) is 0 Å². The number of benzene rings is 1. The van der Waals surface area contributed by atoms with Crippen molar-refractivity contribution in [2.75, 3.05) is 38.7 Å². The topological polar surface area (TPSA) is 114 Å². The first kappa shape index (κ1) is 24.1. The number of carbonyl (C=O) groups excluding carboxylic acids is 3. The highest BCUT2D eigenvalue weighted by Gasteiger charge is 2.21. The number of furan rings is 1. The standard InChI is InChI=1S/C23H26N4O5S/c1-31-13-11-27(22(30)19-8-5-12-32-19)15-21(29)26-23-25-18(16-33-23)14-20(28)24-10-9-17-6-3-2-4-7-17/h2-8,12,16H,9-11,13-15H2,1H3,(H,24,28)(H,25,26,29). The molecule has 0 aliphatic carbocycles. The number of hydrogen-bond donors (Lipinski definition) is 2. The summed E-state index contributed by atoms with van der Waals surface area (Å²) < 4.78 is 10.2. The molecule has 2 aromatic heterocycles. The molecule has 0 unspecified atom stereocenters. The van der Waals surface area contributed by atoms with E-state index in [1.54, 1.807) is 11.4 Å². The van der Waals surface area contributed by atoms with E-state index in [9.17, 15) is 14.4 Å². The molecular formula is C23H26N4O5S. The molecular weight excluding hydrogens is 444 g/mol. The summed E-state index contributed by atoms with van der Waals surface area (Å²) in [6.07, 6.45) is 2.27. The largest absolute Gasteiger partial charge is 0.459 e. The lowest BCUT2D eigenvalue weighted by molar-refractivity contribution is -0.120. The van der Waals surface area contributed by atoms with Gasteiger partial charge in [-0.15, -0.1) is 11.3 Å². The number of methoxy groups -OCH3 is 1. The summed E-state index contributed by atoms with van der Waals surface area (Å²) in [5, 5.41) is 7.64. The average molecular weight is 471 g/mol. The molecule has 2 N–H and O–H groups in total. The van der Waals surface area contributed by atoms with Crippen molar-refractivity contribution in [2.24, 2.45) is 0 Å². The number of amides is 3. The van der Waals surface area contributed by atoms with Gasteiger partial charge in [0.2, 0.25) is 11.8 Å². The second-order valence-electron chi connectivity index (χ2n) is 7.15. The van der Waals surface area contributed by atoms with Gasteiger partial charge < -0.3 is 24.7 Å². The van der Waals surface area contributed by atoms with Crippen molar-refractivity contribution >= 4 is 34.2 Å². The monoisotopic (exact) mass is 470 g/mol. The molecule has 9 nitrogen and oxygen atoms in total.